The van der Waals surface area contributed by atoms with Crippen molar-refractivity contribution in [3.63, 3.8) is 0 Å². The number of ether oxygens (including phenoxy) is 3. The number of hydrogen-bond donors (Lipinski definition) is 0. The summed E-state index contributed by atoms with van der Waals surface area (Å²) in [6, 6.07) is 7.63. The Morgan fingerprint density at radius 3 is 2.86 bits per heavy atom. The van der Waals surface area contributed by atoms with Crippen molar-refractivity contribution in [2.45, 2.75) is 12.3 Å². The van der Waals surface area contributed by atoms with Gasteiger partial charge in [0, 0.05) is 17.8 Å². The molecule has 0 bridgehead atoms. The van der Waals surface area contributed by atoms with Gasteiger partial charge in [-0.25, -0.2) is 4.98 Å². The van der Waals surface area contributed by atoms with E-state index in [9.17, 15) is 0 Å². The third-order valence-electron chi connectivity index (χ3n) is 3.80. The Bertz CT molecular complexity index is 773. The van der Waals surface area contributed by atoms with Crippen LogP contribution < -0.4 is 4.74 Å². The van der Waals surface area contributed by atoms with Crippen LogP contribution in [0.25, 0.3) is 11.0 Å². The highest BCUT2D eigenvalue weighted by atomic mass is 16.7. The van der Waals surface area contributed by atoms with Crippen molar-refractivity contribution < 1.29 is 18.6 Å². The zero-order valence-corrected chi connectivity index (χ0v) is 12.2. The molecular weight excluding hydrogens is 284 g/mol. The molecular formula is C16H16N2O4. The lowest BCUT2D eigenvalue weighted by Gasteiger charge is -2.25. The van der Waals surface area contributed by atoms with Crippen molar-refractivity contribution in [1.29, 1.82) is 0 Å². The lowest BCUT2D eigenvalue weighted by Crippen LogP contribution is -2.32. The highest BCUT2D eigenvalue weighted by Gasteiger charge is 2.42. The van der Waals surface area contributed by atoms with Gasteiger partial charge < -0.3 is 23.2 Å². The summed E-state index contributed by atoms with van der Waals surface area (Å²) in [5, 5.41) is 0.957. The average molecular weight is 300 g/mol. The Morgan fingerprint density at radius 1 is 1.27 bits per heavy atom. The third kappa shape index (κ3) is 2.17. The number of benzene rings is 1. The van der Waals surface area contributed by atoms with E-state index in [2.05, 4.69) is 4.98 Å². The van der Waals surface area contributed by atoms with E-state index in [0.717, 1.165) is 16.7 Å². The summed E-state index contributed by atoms with van der Waals surface area (Å²) in [4.78, 5) is 4.06. The summed E-state index contributed by atoms with van der Waals surface area (Å²) in [6.45, 7) is 1.56. The minimum atomic E-state index is -0.910. The normalized spacial score (nSPS) is 17.1. The Labute approximate surface area is 127 Å². The van der Waals surface area contributed by atoms with Crippen LogP contribution in [0.3, 0.4) is 0 Å². The predicted molar refractivity (Wildman–Crippen MR) is 78.6 cm³/mol. The number of nitrogens with zero attached hydrogens (tertiary/aromatic N) is 2. The fraction of sp³-hybridized carbons (Fsp3) is 0.312. The summed E-state index contributed by atoms with van der Waals surface area (Å²) in [6.07, 6.45) is 5.34. The van der Waals surface area contributed by atoms with Gasteiger partial charge in [0.25, 0.3) is 0 Å². The van der Waals surface area contributed by atoms with Crippen LogP contribution in [-0.2, 0) is 21.8 Å². The minimum absolute atomic E-state index is 0.490. The topological polar surface area (TPSA) is 58.7 Å². The van der Waals surface area contributed by atoms with E-state index in [1.165, 1.54) is 0 Å². The molecule has 1 saturated heterocycles. The van der Waals surface area contributed by atoms with E-state index in [4.69, 9.17) is 18.6 Å². The summed E-state index contributed by atoms with van der Waals surface area (Å²) < 4.78 is 24.9. The molecule has 3 aromatic rings. The maximum Gasteiger partial charge on any atom is 0.247 e. The molecule has 0 N–H and O–H groups in total. The highest BCUT2D eigenvalue weighted by Crippen LogP contribution is 2.37. The fourth-order valence-electron chi connectivity index (χ4n) is 2.72. The van der Waals surface area contributed by atoms with E-state index >= 15 is 0 Å². The number of aromatic nitrogens is 2. The molecule has 4 rings (SSSR count). The number of furan rings is 1. The zero-order chi connectivity index (χ0) is 15.0. The van der Waals surface area contributed by atoms with Crippen LogP contribution >= 0.6 is 0 Å². The van der Waals surface area contributed by atoms with Gasteiger partial charge in [0.2, 0.25) is 5.79 Å². The standard InChI is InChI=1S/C16H16N2O4/c1-19-13-2-3-14-12(8-13)9-15(22-14)16(20-6-7-21-16)10-18-5-4-17-11-18/h2-5,8-9,11H,6-7,10H2,1H3. The fourth-order valence-corrected chi connectivity index (χ4v) is 2.72. The molecule has 6 nitrogen and oxygen atoms in total. The van der Waals surface area contributed by atoms with Crippen molar-refractivity contribution >= 4 is 11.0 Å². The van der Waals surface area contributed by atoms with Crippen LogP contribution in [0.1, 0.15) is 5.76 Å². The molecule has 1 aliphatic rings. The van der Waals surface area contributed by atoms with Crippen molar-refractivity contribution in [2.24, 2.45) is 0 Å². The van der Waals surface area contributed by atoms with Crippen LogP contribution in [0, 0.1) is 0 Å². The quantitative estimate of drug-likeness (QED) is 0.741. The largest absolute Gasteiger partial charge is 0.497 e. The summed E-state index contributed by atoms with van der Waals surface area (Å²) in [5.74, 6) is 0.533. The first kappa shape index (κ1) is 13.4. The average Bonchev–Trinajstić information content (AvgIpc) is 3.27. The van der Waals surface area contributed by atoms with Gasteiger partial charge in [0.1, 0.15) is 11.3 Å². The second-order valence-electron chi connectivity index (χ2n) is 5.20. The van der Waals surface area contributed by atoms with Crippen LogP contribution in [0.15, 0.2) is 47.4 Å². The summed E-state index contributed by atoms with van der Waals surface area (Å²) >= 11 is 0. The van der Waals surface area contributed by atoms with Crippen LogP contribution in [0.4, 0.5) is 0 Å². The first-order chi connectivity index (χ1) is 10.8. The number of methoxy groups -OCH3 is 1. The van der Waals surface area contributed by atoms with Gasteiger partial charge in [0.05, 0.1) is 33.2 Å². The molecule has 1 aromatic carbocycles. The third-order valence-corrected chi connectivity index (χ3v) is 3.80. The monoisotopic (exact) mass is 300 g/mol. The van der Waals surface area contributed by atoms with Crippen molar-refractivity contribution in [3.8, 4) is 5.75 Å². The molecule has 0 atom stereocenters. The smallest absolute Gasteiger partial charge is 0.247 e. The lowest BCUT2D eigenvalue weighted by molar-refractivity contribution is -0.187. The molecule has 3 heterocycles. The lowest BCUT2D eigenvalue weighted by atomic mass is 10.1. The van der Waals surface area contributed by atoms with E-state index in [-0.39, 0.29) is 0 Å². The molecule has 0 unspecified atom stereocenters. The second kappa shape index (κ2) is 5.15. The Kier molecular flexibility index (Phi) is 3.13. The van der Waals surface area contributed by atoms with E-state index in [1.807, 2.05) is 35.0 Å². The van der Waals surface area contributed by atoms with E-state index < -0.39 is 5.79 Å². The number of imidazole rings is 1. The highest BCUT2D eigenvalue weighted by molar-refractivity contribution is 5.79. The number of hydrogen-bond acceptors (Lipinski definition) is 5. The van der Waals surface area contributed by atoms with Gasteiger partial charge in [-0.1, -0.05) is 0 Å². The van der Waals surface area contributed by atoms with E-state index in [1.54, 1.807) is 19.6 Å². The first-order valence-corrected chi connectivity index (χ1v) is 7.11. The maximum atomic E-state index is 5.96. The van der Waals surface area contributed by atoms with E-state index in [0.29, 0.717) is 25.5 Å². The van der Waals surface area contributed by atoms with Gasteiger partial charge in [-0.05, 0) is 24.3 Å². The van der Waals surface area contributed by atoms with Gasteiger partial charge in [-0.2, -0.15) is 0 Å². The molecule has 0 spiro atoms. The van der Waals surface area contributed by atoms with Gasteiger partial charge in [-0.3, -0.25) is 0 Å². The Hall–Kier alpha value is -2.31. The van der Waals surface area contributed by atoms with Gasteiger partial charge in [0.15, 0.2) is 5.76 Å². The van der Waals surface area contributed by atoms with Gasteiger partial charge in [-0.15, -0.1) is 0 Å². The van der Waals surface area contributed by atoms with Crippen molar-refractivity contribution in [1.82, 2.24) is 9.55 Å². The maximum absolute atomic E-state index is 5.96. The number of rotatable bonds is 4. The second-order valence-corrected chi connectivity index (χ2v) is 5.20. The number of fused-ring (bicyclic) bond motifs is 1. The minimum Gasteiger partial charge on any atom is -0.497 e. The SMILES string of the molecule is COc1ccc2oc(C3(Cn4ccnc4)OCCO3)cc2c1. The molecule has 6 heteroatoms. The molecule has 0 saturated carbocycles. The predicted octanol–water partition coefficient (Wildman–Crippen LogP) is 2.54. The van der Waals surface area contributed by atoms with Crippen LogP contribution in [-0.4, -0.2) is 29.9 Å². The molecule has 1 fully saturated rings. The van der Waals surface area contributed by atoms with Crippen LogP contribution in [0.2, 0.25) is 0 Å². The molecule has 2 aromatic heterocycles. The summed E-state index contributed by atoms with van der Waals surface area (Å²) in [5.41, 5.74) is 0.778. The van der Waals surface area contributed by atoms with Gasteiger partial charge >= 0.3 is 0 Å². The molecule has 0 radical (unpaired) electrons. The van der Waals surface area contributed by atoms with Crippen molar-refractivity contribution in [2.75, 3.05) is 20.3 Å². The molecule has 0 aliphatic carbocycles. The van der Waals surface area contributed by atoms with Crippen molar-refractivity contribution in [3.05, 3.63) is 48.7 Å². The molecule has 0 amide bonds. The molecule has 114 valence electrons. The van der Waals surface area contributed by atoms with Crippen LogP contribution in [0.5, 0.6) is 5.75 Å². The molecule has 22 heavy (non-hydrogen) atoms. The summed E-state index contributed by atoms with van der Waals surface area (Å²) in [7, 11) is 1.64. The first-order valence-electron chi connectivity index (χ1n) is 7.11. The Balaban J connectivity index is 1.76. The zero-order valence-electron chi connectivity index (χ0n) is 12.2. The Morgan fingerprint density at radius 2 is 2.14 bits per heavy atom. The molecule has 1 aliphatic heterocycles.